The first kappa shape index (κ1) is 13.3. The minimum atomic E-state index is 0.702. The number of hydrogen-bond donors (Lipinski definition) is 1. The molecule has 0 fully saturated rings. The highest BCUT2D eigenvalue weighted by Gasteiger charge is 2.10. The lowest BCUT2D eigenvalue weighted by molar-refractivity contribution is 0.416. The Morgan fingerprint density at radius 2 is 2.00 bits per heavy atom. The molecule has 0 atom stereocenters. The number of nitrogens with zero attached hydrogens (tertiary/aromatic N) is 2. The maximum Gasteiger partial charge on any atom is 0.165 e. The third-order valence-corrected chi connectivity index (χ3v) is 2.89. The van der Waals surface area contributed by atoms with Gasteiger partial charge in [-0.25, -0.2) is 9.97 Å². The van der Waals surface area contributed by atoms with Gasteiger partial charge in [0, 0.05) is 18.8 Å². The number of ether oxygens (including phenoxy) is 1. The van der Waals surface area contributed by atoms with E-state index in [2.05, 4.69) is 22.2 Å². The molecular formula is C15H19N3O. The number of methoxy groups -OCH3 is 1. The number of benzene rings is 1. The maximum absolute atomic E-state index is 5.37. The van der Waals surface area contributed by atoms with Gasteiger partial charge in [0.2, 0.25) is 0 Å². The summed E-state index contributed by atoms with van der Waals surface area (Å²) >= 11 is 0. The van der Waals surface area contributed by atoms with E-state index in [-0.39, 0.29) is 0 Å². The lowest BCUT2D eigenvalue weighted by Crippen LogP contribution is -2.01. The fourth-order valence-corrected chi connectivity index (χ4v) is 1.96. The highest BCUT2D eigenvalue weighted by atomic mass is 16.5. The molecule has 0 aliphatic carbocycles. The monoisotopic (exact) mass is 257 g/mol. The average Bonchev–Trinajstić information content (AvgIpc) is 2.47. The number of hydrogen-bond acceptors (Lipinski definition) is 4. The summed E-state index contributed by atoms with van der Waals surface area (Å²) in [6, 6.07) is 9.79. The molecular weight excluding hydrogens is 238 g/mol. The van der Waals surface area contributed by atoms with E-state index in [0.29, 0.717) is 5.82 Å². The Kier molecular flexibility index (Phi) is 4.34. The van der Waals surface area contributed by atoms with Gasteiger partial charge in [0.15, 0.2) is 5.82 Å². The Labute approximate surface area is 113 Å². The van der Waals surface area contributed by atoms with Crippen LogP contribution in [0.3, 0.4) is 0 Å². The zero-order chi connectivity index (χ0) is 13.7. The van der Waals surface area contributed by atoms with Crippen molar-refractivity contribution >= 4 is 5.82 Å². The zero-order valence-electron chi connectivity index (χ0n) is 11.6. The molecule has 4 heteroatoms. The van der Waals surface area contributed by atoms with Crippen LogP contribution in [0.4, 0.5) is 5.82 Å². The van der Waals surface area contributed by atoms with Gasteiger partial charge in [-0.05, 0) is 18.6 Å². The number of aryl methyl sites for hydroxylation is 1. The van der Waals surface area contributed by atoms with Crippen molar-refractivity contribution in [3.05, 3.63) is 36.0 Å². The summed E-state index contributed by atoms with van der Waals surface area (Å²) in [5, 5.41) is 3.08. The Bertz CT molecular complexity index is 555. The fourth-order valence-electron chi connectivity index (χ4n) is 1.96. The molecule has 0 saturated heterocycles. The maximum atomic E-state index is 5.37. The molecule has 0 saturated carbocycles. The van der Waals surface area contributed by atoms with Crippen molar-refractivity contribution in [1.82, 2.24) is 9.97 Å². The zero-order valence-corrected chi connectivity index (χ0v) is 11.6. The average molecular weight is 257 g/mol. The van der Waals surface area contributed by atoms with Crippen LogP contribution in [0.5, 0.6) is 5.75 Å². The highest BCUT2D eigenvalue weighted by Crippen LogP contribution is 2.27. The normalized spacial score (nSPS) is 10.3. The van der Waals surface area contributed by atoms with Crippen LogP contribution in [0.15, 0.2) is 30.3 Å². The summed E-state index contributed by atoms with van der Waals surface area (Å²) in [6.07, 6.45) is 2.00. The molecule has 2 rings (SSSR count). The van der Waals surface area contributed by atoms with Crippen molar-refractivity contribution in [2.75, 3.05) is 19.5 Å². The van der Waals surface area contributed by atoms with Crippen LogP contribution in [0.1, 0.15) is 19.0 Å². The molecule has 19 heavy (non-hydrogen) atoms. The van der Waals surface area contributed by atoms with Gasteiger partial charge in [0.1, 0.15) is 11.6 Å². The highest BCUT2D eigenvalue weighted by molar-refractivity contribution is 5.65. The summed E-state index contributed by atoms with van der Waals surface area (Å²) in [6.45, 7) is 2.14. The topological polar surface area (TPSA) is 47.0 Å². The Balaban J connectivity index is 2.51. The summed E-state index contributed by atoms with van der Waals surface area (Å²) in [4.78, 5) is 9.13. The van der Waals surface area contributed by atoms with E-state index < -0.39 is 0 Å². The third-order valence-electron chi connectivity index (χ3n) is 2.89. The molecule has 0 unspecified atom stereocenters. The molecule has 1 heterocycles. The summed E-state index contributed by atoms with van der Waals surface area (Å²) in [5.41, 5.74) is 1.96. The number of nitrogens with one attached hydrogen (secondary N) is 1. The van der Waals surface area contributed by atoms with Crippen molar-refractivity contribution in [3.8, 4) is 17.1 Å². The van der Waals surface area contributed by atoms with Gasteiger partial charge in [-0.2, -0.15) is 0 Å². The smallest absolute Gasteiger partial charge is 0.165 e. The number of rotatable bonds is 5. The third kappa shape index (κ3) is 3.02. The first-order valence-corrected chi connectivity index (χ1v) is 6.47. The van der Waals surface area contributed by atoms with Gasteiger partial charge >= 0.3 is 0 Å². The van der Waals surface area contributed by atoms with Crippen LogP contribution < -0.4 is 10.1 Å². The van der Waals surface area contributed by atoms with Gasteiger partial charge < -0.3 is 10.1 Å². The van der Waals surface area contributed by atoms with Crippen molar-refractivity contribution in [2.45, 2.75) is 19.8 Å². The van der Waals surface area contributed by atoms with Crippen LogP contribution in [0, 0.1) is 0 Å². The lowest BCUT2D eigenvalue weighted by Gasteiger charge is -2.10. The van der Waals surface area contributed by atoms with Gasteiger partial charge in [0.05, 0.1) is 12.7 Å². The molecule has 4 nitrogen and oxygen atoms in total. The lowest BCUT2D eigenvalue weighted by atomic mass is 10.1. The summed E-state index contributed by atoms with van der Waals surface area (Å²) < 4.78 is 5.37. The molecule has 100 valence electrons. The van der Waals surface area contributed by atoms with Crippen LogP contribution in [0.2, 0.25) is 0 Å². The number of para-hydroxylation sites is 1. The second kappa shape index (κ2) is 6.18. The van der Waals surface area contributed by atoms with Crippen molar-refractivity contribution in [3.63, 3.8) is 0 Å². The molecule has 2 aromatic rings. The van der Waals surface area contributed by atoms with Crippen LogP contribution in [-0.4, -0.2) is 24.1 Å². The predicted octanol–water partition coefficient (Wildman–Crippen LogP) is 3.15. The van der Waals surface area contributed by atoms with Gasteiger partial charge in [0.25, 0.3) is 0 Å². The van der Waals surface area contributed by atoms with E-state index in [9.17, 15) is 0 Å². The molecule has 0 radical (unpaired) electrons. The van der Waals surface area contributed by atoms with Gasteiger partial charge in [-0.3, -0.25) is 0 Å². The van der Waals surface area contributed by atoms with E-state index >= 15 is 0 Å². The predicted molar refractivity (Wildman–Crippen MR) is 77.6 cm³/mol. The second-order valence-corrected chi connectivity index (χ2v) is 4.27. The largest absolute Gasteiger partial charge is 0.496 e. The van der Waals surface area contributed by atoms with E-state index in [4.69, 9.17) is 4.74 Å². The molecule has 1 aromatic carbocycles. The van der Waals surface area contributed by atoms with Crippen molar-refractivity contribution < 1.29 is 4.74 Å². The Morgan fingerprint density at radius 1 is 1.21 bits per heavy atom. The van der Waals surface area contributed by atoms with Gasteiger partial charge in [-0.15, -0.1) is 0 Å². The molecule has 0 bridgehead atoms. The standard InChI is InChI=1S/C15H19N3O/c1-4-7-11-10-14(16-2)18-15(17-11)12-8-5-6-9-13(12)19-3/h5-6,8-10H,4,7H2,1-3H3,(H,16,17,18). The first-order chi connectivity index (χ1) is 9.28. The minimum absolute atomic E-state index is 0.702. The summed E-state index contributed by atoms with van der Waals surface area (Å²) in [5.74, 6) is 2.32. The Hall–Kier alpha value is -2.10. The van der Waals surface area contributed by atoms with E-state index in [0.717, 1.165) is 35.7 Å². The molecule has 1 aromatic heterocycles. The van der Waals surface area contributed by atoms with E-state index in [1.807, 2.05) is 37.4 Å². The van der Waals surface area contributed by atoms with Crippen LogP contribution >= 0.6 is 0 Å². The minimum Gasteiger partial charge on any atom is -0.496 e. The molecule has 0 aliphatic rings. The molecule has 0 aliphatic heterocycles. The summed E-state index contributed by atoms with van der Waals surface area (Å²) in [7, 11) is 3.53. The van der Waals surface area contributed by atoms with Crippen LogP contribution in [-0.2, 0) is 6.42 Å². The van der Waals surface area contributed by atoms with E-state index in [1.54, 1.807) is 7.11 Å². The fraction of sp³-hybridized carbons (Fsp3) is 0.333. The molecule has 0 spiro atoms. The molecule has 0 amide bonds. The quantitative estimate of drug-likeness (QED) is 0.893. The van der Waals surface area contributed by atoms with Crippen LogP contribution in [0.25, 0.3) is 11.4 Å². The van der Waals surface area contributed by atoms with Gasteiger partial charge in [-0.1, -0.05) is 25.5 Å². The van der Waals surface area contributed by atoms with E-state index in [1.165, 1.54) is 0 Å². The molecule has 1 N–H and O–H groups in total. The Morgan fingerprint density at radius 3 is 2.68 bits per heavy atom. The number of aromatic nitrogens is 2. The van der Waals surface area contributed by atoms with Crippen molar-refractivity contribution in [2.24, 2.45) is 0 Å². The van der Waals surface area contributed by atoms with Crippen molar-refractivity contribution in [1.29, 1.82) is 0 Å². The second-order valence-electron chi connectivity index (χ2n) is 4.27. The SMILES string of the molecule is CCCc1cc(NC)nc(-c2ccccc2OC)n1. The number of anilines is 1. The first-order valence-electron chi connectivity index (χ1n) is 6.47.